The van der Waals surface area contributed by atoms with Crippen molar-refractivity contribution in [3.05, 3.63) is 0 Å². The molecule has 0 aliphatic carbocycles. The topological polar surface area (TPSA) is 102 Å². The van der Waals surface area contributed by atoms with E-state index < -0.39 is 17.6 Å². The maximum Gasteiger partial charge on any atom is 0.305 e. The summed E-state index contributed by atoms with van der Waals surface area (Å²) in [7, 11) is 1.58. The molecule has 0 rings (SSSR count). The standard InChI is InChI=1S/C11H22N2O4/c1-11(2,7-9(14)15)13-10(16)8(12)5-4-6-17-3/h8H,4-7,12H2,1-3H3,(H,13,16)(H,14,15). The average Bonchev–Trinajstić information content (AvgIpc) is 2.14. The zero-order valence-corrected chi connectivity index (χ0v) is 10.7. The van der Waals surface area contributed by atoms with E-state index in [9.17, 15) is 9.59 Å². The van der Waals surface area contributed by atoms with E-state index in [1.807, 2.05) is 0 Å². The van der Waals surface area contributed by atoms with E-state index in [-0.39, 0.29) is 12.3 Å². The number of carbonyl (C=O) groups excluding carboxylic acids is 1. The summed E-state index contributed by atoms with van der Waals surface area (Å²) >= 11 is 0. The van der Waals surface area contributed by atoms with Crippen LogP contribution in [0.2, 0.25) is 0 Å². The maximum atomic E-state index is 11.7. The van der Waals surface area contributed by atoms with Crippen molar-refractivity contribution in [3.63, 3.8) is 0 Å². The summed E-state index contributed by atoms with van der Waals surface area (Å²) in [6, 6.07) is -0.627. The molecule has 1 amide bonds. The van der Waals surface area contributed by atoms with Gasteiger partial charge in [-0.2, -0.15) is 0 Å². The number of nitrogens with two attached hydrogens (primary N) is 1. The van der Waals surface area contributed by atoms with E-state index in [0.29, 0.717) is 19.4 Å². The van der Waals surface area contributed by atoms with Crippen LogP contribution in [0.5, 0.6) is 0 Å². The Balaban J connectivity index is 4.09. The first kappa shape index (κ1) is 15.9. The number of carboxylic acid groups (broad SMARTS) is 1. The van der Waals surface area contributed by atoms with Gasteiger partial charge in [0.1, 0.15) is 0 Å². The average molecular weight is 246 g/mol. The van der Waals surface area contributed by atoms with Crippen molar-refractivity contribution in [1.82, 2.24) is 5.32 Å². The van der Waals surface area contributed by atoms with Crippen LogP contribution in [-0.4, -0.2) is 42.3 Å². The number of carbonyl (C=O) groups is 2. The highest BCUT2D eigenvalue weighted by Gasteiger charge is 2.26. The minimum atomic E-state index is -0.955. The number of rotatable bonds is 8. The lowest BCUT2D eigenvalue weighted by Gasteiger charge is -2.26. The quantitative estimate of drug-likeness (QED) is 0.528. The summed E-state index contributed by atoms with van der Waals surface area (Å²) in [5.41, 5.74) is 4.89. The predicted molar refractivity (Wildman–Crippen MR) is 63.6 cm³/mol. The fourth-order valence-electron chi connectivity index (χ4n) is 1.43. The Morgan fingerprint density at radius 3 is 2.53 bits per heavy atom. The second-order valence-corrected chi connectivity index (χ2v) is 4.69. The van der Waals surface area contributed by atoms with Crippen molar-refractivity contribution in [3.8, 4) is 0 Å². The van der Waals surface area contributed by atoms with Gasteiger partial charge in [0.25, 0.3) is 0 Å². The molecule has 6 heteroatoms. The summed E-state index contributed by atoms with van der Waals surface area (Å²) in [6.45, 7) is 3.86. The van der Waals surface area contributed by atoms with Gasteiger partial charge >= 0.3 is 5.97 Å². The van der Waals surface area contributed by atoms with E-state index in [1.54, 1.807) is 21.0 Å². The molecule has 4 N–H and O–H groups in total. The van der Waals surface area contributed by atoms with Gasteiger partial charge in [-0.3, -0.25) is 9.59 Å². The molecule has 1 atom stereocenters. The van der Waals surface area contributed by atoms with Crippen LogP contribution in [-0.2, 0) is 14.3 Å². The highest BCUT2D eigenvalue weighted by Crippen LogP contribution is 2.09. The van der Waals surface area contributed by atoms with Gasteiger partial charge in [0.05, 0.1) is 12.5 Å². The molecule has 0 saturated heterocycles. The molecule has 0 spiro atoms. The Morgan fingerprint density at radius 1 is 1.47 bits per heavy atom. The highest BCUT2D eigenvalue weighted by atomic mass is 16.5. The second-order valence-electron chi connectivity index (χ2n) is 4.69. The van der Waals surface area contributed by atoms with Crippen LogP contribution >= 0.6 is 0 Å². The second kappa shape index (κ2) is 7.24. The molecule has 0 heterocycles. The number of amides is 1. The Bertz CT molecular complexity index is 266. The molecule has 6 nitrogen and oxygen atoms in total. The van der Waals surface area contributed by atoms with Gasteiger partial charge in [0.2, 0.25) is 5.91 Å². The van der Waals surface area contributed by atoms with Crippen molar-refractivity contribution >= 4 is 11.9 Å². The van der Waals surface area contributed by atoms with Crippen LogP contribution in [0.3, 0.4) is 0 Å². The molecular weight excluding hydrogens is 224 g/mol. The lowest BCUT2D eigenvalue weighted by Crippen LogP contribution is -2.51. The minimum Gasteiger partial charge on any atom is -0.481 e. The number of methoxy groups -OCH3 is 1. The third kappa shape index (κ3) is 7.70. The molecule has 0 fully saturated rings. The van der Waals surface area contributed by atoms with Crippen LogP contribution < -0.4 is 11.1 Å². The number of ether oxygens (including phenoxy) is 1. The van der Waals surface area contributed by atoms with Crippen molar-refractivity contribution < 1.29 is 19.4 Å². The summed E-state index contributed by atoms with van der Waals surface area (Å²) in [5.74, 6) is -1.28. The predicted octanol–water partition coefficient (Wildman–Crippen LogP) is 0.110. The lowest BCUT2D eigenvalue weighted by molar-refractivity contribution is -0.138. The summed E-state index contributed by atoms with van der Waals surface area (Å²) in [6.07, 6.45) is 1.08. The third-order valence-corrected chi connectivity index (χ3v) is 2.26. The van der Waals surface area contributed by atoms with Gasteiger partial charge < -0.3 is 20.9 Å². The molecule has 100 valence electrons. The molecule has 1 unspecified atom stereocenters. The van der Waals surface area contributed by atoms with Crippen LogP contribution in [0, 0.1) is 0 Å². The number of nitrogens with one attached hydrogen (secondary N) is 1. The van der Waals surface area contributed by atoms with Crippen LogP contribution in [0.4, 0.5) is 0 Å². The van der Waals surface area contributed by atoms with E-state index in [4.69, 9.17) is 15.6 Å². The molecule has 0 aliphatic rings. The summed E-state index contributed by atoms with van der Waals surface area (Å²) in [5, 5.41) is 11.3. The van der Waals surface area contributed by atoms with Gasteiger partial charge in [0, 0.05) is 19.3 Å². The van der Waals surface area contributed by atoms with Crippen LogP contribution in [0.1, 0.15) is 33.1 Å². The van der Waals surface area contributed by atoms with E-state index in [0.717, 1.165) is 0 Å². The number of aliphatic carboxylic acids is 1. The molecule has 0 aromatic heterocycles. The number of carboxylic acids is 1. The van der Waals surface area contributed by atoms with Gasteiger partial charge in [-0.05, 0) is 26.7 Å². The van der Waals surface area contributed by atoms with Crippen molar-refractivity contribution in [1.29, 1.82) is 0 Å². The first-order valence-electron chi connectivity index (χ1n) is 5.57. The van der Waals surface area contributed by atoms with Crippen molar-refractivity contribution in [2.45, 2.75) is 44.7 Å². The first-order valence-corrected chi connectivity index (χ1v) is 5.57. The third-order valence-electron chi connectivity index (χ3n) is 2.26. The number of hydrogen-bond donors (Lipinski definition) is 3. The molecule has 0 aromatic carbocycles. The number of hydrogen-bond acceptors (Lipinski definition) is 4. The van der Waals surface area contributed by atoms with Gasteiger partial charge in [0.15, 0.2) is 0 Å². The van der Waals surface area contributed by atoms with Gasteiger partial charge in [-0.25, -0.2) is 0 Å². The minimum absolute atomic E-state index is 0.135. The van der Waals surface area contributed by atoms with Crippen LogP contribution in [0.15, 0.2) is 0 Å². The molecule has 0 saturated carbocycles. The Kier molecular flexibility index (Phi) is 6.75. The maximum absolute atomic E-state index is 11.7. The highest BCUT2D eigenvalue weighted by molar-refractivity contribution is 5.82. The monoisotopic (exact) mass is 246 g/mol. The SMILES string of the molecule is COCCCC(N)C(=O)NC(C)(C)CC(=O)O. The molecule has 0 aliphatic heterocycles. The summed E-state index contributed by atoms with van der Waals surface area (Å²) in [4.78, 5) is 22.2. The first-order chi connectivity index (χ1) is 7.78. The Morgan fingerprint density at radius 2 is 2.06 bits per heavy atom. The normalized spacial score (nSPS) is 13.2. The molecule has 0 radical (unpaired) electrons. The Hall–Kier alpha value is -1.14. The summed E-state index contributed by atoms with van der Waals surface area (Å²) < 4.78 is 4.86. The fourth-order valence-corrected chi connectivity index (χ4v) is 1.43. The van der Waals surface area contributed by atoms with Crippen molar-refractivity contribution in [2.24, 2.45) is 5.73 Å². The zero-order chi connectivity index (χ0) is 13.5. The molecular formula is C11H22N2O4. The van der Waals surface area contributed by atoms with E-state index in [1.165, 1.54) is 0 Å². The van der Waals surface area contributed by atoms with Gasteiger partial charge in [-0.1, -0.05) is 0 Å². The zero-order valence-electron chi connectivity index (χ0n) is 10.7. The fraction of sp³-hybridized carbons (Fsp3) is 0.818. The van der Waals surface area contributed by atoms with E-state index in [2.05, 4.69) is 5.32 Å². The molecule has 17 heavy (non-hydrogen) atoms. The molecule has 0 aromatic rings. The van der Waals surface area contributed by atoms with Crippen molar-refractivity contribution in [2.75, 3.05) is 13.7 Å². The Labute approximate surface area is 102 Å². The van der Waals surface area contributed by atoms with E-state index >= 15 is 0 Å². The largest absolute Gasteiger partial charge is 0.481 e. The molecule has 0 bridgehead atoms. The van der Waals surface area contributed by atoms with Gasteiger partial charge in [-0.15, -0.1) is 0 Å². The lowest BCUT2D eigenvalue weighted by atomic mass is 9.99. The van der Waals surface area contributed by atoms with Crippen LogP contribution in [0.25, 0.3) is 0 Å². The smallest absolute Gasteiger partial charge is 0.305 e.